The highest BCUT2D eigenvalue weighted by Crippen LogP contribution is 2.26. The first-order valence-corrected chi connectivity index (χ1v) is 9.60. The summed E-state index contributed by atoms with van der Waals surface area (Å²) in [6, 6.07) is 20.8. The van der Waals surface area contributed by atoms with Gasteiger partial charge in [-0.05, 0) is 31.0 Å². The van der Waals surface area contributed by atoms with Gasteiger partial charge in [0.2, 0.25) is 5.78 Å². The molecule has 0 saturated heterocycles. The van der Waals surface area contributed by atoms with Crippen molar-refractivity contribution in [3.63, 3.8) is 0 Å². The average Bonchev–Trinajstić information content (AvgIpc) is 3.02. The molecule has 3 aromatic rings. The van der Waals surface area contributed by atoms with Crippen LogP contribution in [-0.2, 0) is 16.1 Å². The lowest BCUT2D eigenvalue weighted by Gasteiger charge is -2.17. The molecule has 1 aromatic heterocycles. The normalized spacial score (nSPS) is 10.7. The Labute approximate surface area is 171 Å². The monoisotopic (exact) mass is 387 g/mol. The van der Waals surface area contributed by atoms with E-state index >= 15 is 0 Å². The Morgan fingerprint density at radius 1 is 1.00 bits per heavy atom. The van der Waals surface area contributed by atoms with Gasteiger partial charge in [-0.15, -0.1) is 6.58 Å². The van der Waals surface area contributed by atoms with Crippen LogP contribution >= 0.6 is 0 Å². The van der Waals surface area contributed by atoms with Gasteiger partial charge in [-0.25, -0.2) is 0 Å². The minimum absolute atomic E-state index is 0.207. The Bertz CT molecular complexity index is 964. The maximum absolute atomic E-state index is 12.9. The van der Waals surface area contributed by atoms with Gasteiger partial charge >= 0.3 is 5.97 Å². The van der Waals surface area contributed by atoms with Crippen LogP contribution in [0.15, 0.2) is 79.4 Å². The van der Waals surface area contributed by atoms with Crippen LogP contribution in [0.3, 0.4) is 0 Å². The number of carbonyl (C=O) groups is 2. The second-order valence-corrected chi connectivity index (χ2v) is 6.97. The van der Waals surface area contributed by atoms with Crippen molar-refractivity contribution in [1.29, 1.82) is 0 Å². The zero-order valence-electron chi connectivity index (χ0n) is 16.8. The number of hydrogen-bond acceptors (Lipinski definition) is 3. The van der Waals surface area contributed by atoms with Crippen LogP contribution < -0.4 is 0 Å². The maximum atomic E-state index is 12.9. The molecule has 1 heterocycles. The van der Waals surface area contributed by atoms with Crippen molar-refractivity contribution in [3.8, 4) is 0 Å². The molecule has 148 valence electrons. The van der Waals surface area contributed by atoms with Gasteiger partial charge in [0, 0.05) is 23.5 Å². The number of ether oxygens (including phenoxy) is 1. The van der Waals surface area contributed by atoms with Gasteiger partial charge in [0.1, 0.15) is 5.92 Å². The van der Waals surface area contributed by atoms with E-state index in [0.717, 1.165) is 22.5 Å². The molecule has 4 heteroatoms. The maximum Gasteiger partial charge on any atom is 0.318 e. The van der Waals surface area contributed by atoms with E-state index < -0.39 is 11.9 Å². The lowest BCUT2D eigenvalue weighted by atomic mass is 9.91. The van der Waals surface area contributed by atoms with E-state index in [1.807, 2.05) is 85.1 Å². The summed E-state index contributed by atoms with van der Waals surface area (Å²) >= 11 is 0. The Kier molecular flexibility index (Phi) is 6.45. The van der Waals surface area contributed by atoms with Crippen molar-refractivity contribution >= 4 is 11.8 Å². The number of nitrogens with zero attached hydrogens (tertiary/aromatic N) is 1. The number of aromatic nitrogens is 1. The third-order valence-corrected chi connectivity index (χ3v) is 5.03. The number of hydrogen-bond donors (Lipinski definition) is 0. The number of carbonyl (C=O) groups excluding carboxylic acids is 2. The fourth-order valence-electron chi connectivity index (χ4n) is 3.55. The number of esters is 1. The predicted octanol–water partition coefficient (Wildman–Crippen LogP) is 4.85. The highest BCUT2D eigenvalue weighted by atomic mass is 16.5. The van der Waals surface area contributed by atoms with Gasteiger partial charge in [-0.1, -0.05) is 66.7 Å². The Hall–Kier alpha value is -3.40. The second kappa shape index (κ2) is 9.20. The number of benzene rings is 2. The van der Waals surface area contributed by atoms with Crippen molar-refractivity contribution in [3.05, 3.63) is 107 Å². The molecule has 2 aromatic carbocycles. The highest BCUT2D eigenvalue weighted by Gasteiger charge is 2.25. The highest BCUT2D eigenvalue weighted by molar-refractivity contribution is 5.99. The first kappa shape index (κ1) is 20.3. The molecule has 0 saturated carbocycles. The first-order valence-electron chi connectivity index (χ1n) is 9.60. The molecule has 4 nitrogen and oxygen atoms in total. The number of rotatable bonds is 8. The summed E-state index contributed by atoms with van der Waals surface area (Å²) < 4.78 is 7.49. The van der Waals surface area contributed by atoms with E-state index in [1.165, 1.54) is 0 Å². The SMILES string of the molecule is C=CCn1c(C)cc(C(=O)COC(=O)C(c2ccccc2)c2ccccc2)c1C. The molecule has 0 N–H and O–H groups in total. The summed E-state index contributed by atoms with van der Waals surface area (Å²) in [5, 5.41) is 0. The molecule has 0 fully saturated rings. The molecule has 0 atom stereocenters. The minimum Gasteiger partial charge on any atom is -0.457 e. The van der Waals surface area contributed by atoms with E-state index in [-0.39, 0.29) is 12.4 Å². The standard InChI is InChI=1S/C25H25NO3/c1-4-15-26-18(2)16-22(19(26)3)23(27)17-29-25(28)24(20-11-7-5-8-12-20)21-13-9-6-10-14-21/h4-14,16,24H,1,15,17H2,2-3H3. The van der Waals surface area contributed by atoms with Crippen molar-refractivity contribution in [2.75, 3.05) is 6.61 Å². The second-order valence-electron chi connectivity index (χ2n) is 6.97. The van der Waals surface area contributed by atoms with E-state index in [2.05, 4.69) is 6.58 Å². The van der Waals surface area contributed by atoms with Crippen LogP contribution in [0.25, 0.3) is 0 Å². The van der Waals surface area contributed by atoms with Gasteiger partial charge < -0.3 is 9.30 Å². The first-order chi connectivity index (χ1) is 14.0. The number of Topliss-reactive ketones (excluding diaryl/α,β-unsaturated/α-hetero) is 1. The van der Waals surface area contributed by atoms with Gasteiger partial charge in [-0.3, -0.25) is 9.59 Å². The molecular weight excluding hydrogens is 362 g/mol. The van der Waals surface area contributed by atoms with Gasteiger partial charge in [0.05, 0.1) is 0 Å². The molecule has 0 unspecified atom stereocenters. The van der Waals surface area contributed by atoms with Crippen LogP contribution in [-0.4, -0.2) is 22.9 Å². The molecule has 0 aliphatic rings. The summed E-state index contributed by atoms with van der Waals surface area (Å²) in [5.41, 5.74) is 4.07. The molecule has 0 spiro atoms. The molecule has 0 aliphatic heterocycles. The topological polar surface area (TPSA) is 48.3 Å². The fraction of sp³-hybridized carbons (Fsp3) is 0.200. The average molecular weight is 387 g/mol. The van der Waals surface area contributed by atoms with Crippen molar-refractivity contribution in [2.45, 2.75) is 26.3 Å². The lowest BCUT2D eigenvalue weighted by molar-refractivity contribution is -0.143. The number of allylic oxidation sites excluding steroid dienone is 1. The van der Waals surface area contributed by atoms with Crippen LogP contribution in [0.1, 0.15) is 38.8 Å². The molecule has 0 amide bonds. The largest absolute Gasteiger partial charge is 0.457 e. The Balaban J connectivity index is 1.78. The zero-order valence-corrected chi connectivity index (χ0v) is 16.8. The lowest BCUT2D eigenvalue weighted by Crippen LogP contribution is -2.21. The Morgan fingerprint density at radius 2 is 1.55 bits per heavy atom. The molecule has 0 aliphatic carbocycles. The molecule has 0 radical (unpaired) electrons. The fourth-order valence-corrected chi connectivity index (χ4v) is 3.55. The van der Waals surface area contributed by atoms with E-state index in [0.29, 0.717) is 12.1 Å². The summed E-state index contributed by atoms with van der Waals surface area (Å²) in [6.07, 6.45) is 1.79. The summed E-state index contributed by atoms with van der Waals surface area (Å²) in [7, 11) is 0. The van der Waals surface area contributed by atoms with Crippen LogP contribution in [0.2, 0.25) is 0 Å². The van der Waals surface area contributed by atoms with Crippen LogP contribution in [0.4, 0.5) is 0 Å². The quantitative estimate of drug-likeness (QED) is 0.315. The Morgan fingerprint density at radius 3 is 2.07 bits per heavy atom. The summed E-state index contributed by atoms with van der Waals surface area (Å²) in [6.45, 7) is 7.94. The number of ketones is 1. The molecule has 0 bridgehead atoms. The number of aryl methyl sites for hydroxylation is 1. The van der Waals surface area contributed by atoms with Crippen LogP contribution in [0.5, 0.6) is 0 Å². The molecule has 3 rings (SSSR count). The van der Waals surface area contributed by atoms with Crippen LogP contribution in [0, 0.1) is 13.8 Å². The van der Waals surface area contributed by atoms with E-state index in [4.69, 9.17) is 4.74 Å². The summed E-state index contributed by atoms with van der Waals surface area (Å²) in [5.74, 6) is -1.21. The molecular formula is C25H25NO3. The minimum atomic E-state index is -0.571. The van der Waals surface area contributed by atoms with E-state index in [9.17, 15) is 9.59 Å². The van der Waals surface area contributed by atoms with Gasteiger partial charge in [0.15, 0.2) is 6.61 Å². The smallest absolute Gasteiger partial charge is 0.318 e. The third-order valence-electron chi connectivity index (χ3n) is 5.03. The third kappa shape index (κ3) is 4.54. The predicted molar refractivity (Wildman–Crippen MR) is 114 cm³/mol. The molecule has 29 heavy (non-hydrogen) atoms. The summed E-state index contributed by atoms with van der Waals surface area (Å²) in [4.78, 5) is 25.7. The van der Waals surface area contributed by atoms with Gasteiger partial charge in [-0.2, -0.15) is 0 Å². The van der Waals surface area contributed by atoms with Gasteiger partial charge in [0.25, 0.3) is 0 Å². The zero-order chi connectivity index (χ0) is 20.8. The van der Waals surface area contributed by atoms with Crippen molar-refractivity contribution < 1.29 is 14.3 Å². The van der Waals surface area contributed by atoms with Crippen molar-refractivity contribution in [1.82, 2.24) is 4.57 Å². The van der Waals surface area contributed by atoms with E-state index in [1.54, 1.807) is 6.08 Å². The van der Waals surface area contributed by atoms with Crippen molar-refractivity contribution in [2.24, 2.45) is 0 Å².